The van der Waals surface area contributed by atoms with E-state index in [1.54, 1.807) is 31.2 Å². The van der Waals surface area contributed by atoms with Crippen LogP contribution in [0.25, 0.3) is 0 Å². The molecule has 0 spiro atoms. The summed E-state index contributed by atoms with van der Waals surface area (Å²) in [4.78, 5) is 28.4. The van der Waals surface area contributed by atoms with Gasteiger partial charge in [-0.05, 0) is 37.3 Å². The Labute approximate surface area is 144 Å². The standard InChI is InChI=1S/C18H17NO6/c1-2-22-17-13(4-3-7-19-17)18(21)25-11-14(20)12-5-6-15-16(10-12)24-9-8-23-15/h3-7,10H,2,8-9,11H2,1H3. The molecule has 0 saturated heterocycles. The maximum atomic E-state index is 12.3. The van der Waals surface area contributed by atoms with Gasteiger partial charge >= 0.3 is 5.97 Å². The summed E-state index contributed by atoms with van der Waals surface area (Å²) in [5.74, 6) is 0.280. The SMILES string of the molecule is CCOc1ncccc1C(=O)OCC(=O)c1ccc2c(c1)OCCO2. The zero-order chi connectivity index (χ0) is 17.6. The van der Waals surface area contributed by atoms with E-state index in [9.17, 15) is 9.59 Å². The van der Waals surface area contributed by atoms with E-state index in [0.29, 0.717) is 36.9 Å². The number of rotatable bonds is 6. The molecule has 0 fully saturated rings. The molecule has 2 aromatic rings. The van der Waals surface area contributed by atoms with Gasteiger partial charge in [-0.15, -0.1) is 0 Å². The van der Waals surface area contributed by atoms with E-state index >= 15 is 0 Å². The highest BCUT2D eigenvalue weighted by Gasteiger charge is 2.19. The van der Waals surface area contributed by atoms with E-state index in [1.807, 2.05) is 0 Å². The Hall–Kier alpha value is -3.09. The molecule has 1 aliphatic rings. The Morgan fingerprint density at radius 1 is 1.16 bits per heavy atom. The molecule has 3 rings (SSSR count). The van der Waals surface area contributed by atoms with Crippen molar-refractivity contribution in [1.82, 2.24) is 4.98 Å². The zero-order valence-electron chi connectivity index (χ0n) is 13.7. The predicted octanol–water partition coefficient (Wildman–Crippen LogP) is 2.29. The lowest BCUT2D eigenvalue weighted by Crippen LogP contribution is -2.18. The Morgan fingerprint density at radius 3 is 2.76 bits per heavy atom. The summed E-state index contributed by atoms with van der Waals surface area (Å²) in [6.07, 6.45) is 1.52. The number of pyridine rings is 1. The first-order valence-corrected chi connectivity index (χ1v) is 7.87. The number of esters is 1. The van der Waals surface area contributed by atoms with E-state index in [1.165, 1.54) is 12.3 Å². The number of ketones is 1. The number of fused-ring (bicyclic) bond motifs is 1. The summed E-state index contributed by atoms with van der Waals surface area (Å²) < 4.78 is 21.2. The second kappa shape index (κ2) is 7.65. The molecule has 0 saturated carbocycles. The molecule has 0 amide bonds. The fourth-order valence-electron chi connectivity index (χ4n) is 2.31. The van der Waals surface area contributed by atoms with Crippen LogP contribution in [0, 0.1) is 0 Å². The topological polar surface area (TPSA) is 84.0 Å². The average molecular weight is 343 g/mol. The monoisotopic (exact) mass is 343 g/mol. The Kier molecular flexibility index (Phi) is 5.13. The minimum atomic E-state index is -0.664. The minimum absolute atomic E-state index is 0.180. The van der Waals surface area contributed by atoms with Crippen molar-refractivity contribution in [3.8, 4) is 17.4 Å². The fourth-order valence-corrected chi connectivity index (χ4v) is 2.31. The van der Waals surface area contributed by atoms with E-state index in [2.05, 4.69) is 4.98 Å². The fraction of sp³-hybridized carbons (Fsp3) is 0.278. The second-order valence-electron chi connectivity index (χ2n) is 5.15. The number of benzene rings is 1. The average Bonchev–Trinajstić information content (AvgIpc) is 2.66. The van der Waals surface area contributed by atoms with Gasteiger partial charge in [0.2, 0.25) is 5.88 Å². The Morgan fingerprint density at radius 2 is 1.96 bits per heavy atom. The summed E-state index contributed by atoms with van der Waals surface area (Å²) in [5.41, 5.74) is 0.563. The number of nitrogens with zero attached hydrogens (tertiary/aromatic N) is 1. The Balaban J connectivity index is 1.65. The van der Waals surface area contributed by atoms with Crippen LogP contribution in [0.3, 0.4) is 0 Å². The van der Waals surface area contributed by atoms with Crippen molar-refractivity contribution in [1.29, 1.82) is 0 Å². The number of carbonyl (C=O) groups excluding carboxylic acids is 2. The van der Waals surface area contributed by atoms with Crippen LogP contribution in [0.5, 0.6) is 17.4 Å². The molecule has 25 heavy (non-hydrogen) atoms. The predicted molar refractivity (Wildman–Crippen MR) is 87.5 cm³/mol. The van der Waals surface area contributed by atoms with Crippen molar-refractivity contribution in [3.63, 3.8) is 0 Å². The van der Waals surface area contributed by atoms with Gasteiger partial charge in [0.25, 0.3) is 0 Å². The van der Waals surface area contributed by atoms with Crippen LogP contribution in [0.1, 0.15) is 27.6 Å². The van der Waals surface area contributed by atoms with Crippen molar-refractivity contribution in [3.05, 3.63) is 47.7 Å². The van der Waals surface area contributed by atoms with Crippen molar-refractivity contribution >= 4 is 11.8 Å². The lowest BCUT2D eigenvalue weighted by molar-refractivity contribution is 0.0470. The lowest BCUT2D eigenvalue weighted by Gasteiger charge is -2.18. The number of hydrogen-bond acceptors (Lipinski definition) is 7. The van der Waals surface area contributed by atoms with Crippen LogP contribution in [0.2, 0.25) is 0 Å². The highest BCUT2D eigenvalue weighted by atomic mass is 16.6. The van der Waals surface area contributed by atoms with Gasteiger partial charge in [-0.3, -0.25) is 4.79 Å². The molecule has 0 aliphatic carbocycles. The summed E-state index contributed by atoms with van der Waals surface area (Å²) in [6.45, 7) is 2.67. The quantitative estimate of drug-likeness (QED) is 0.588. The van der Waals surface area contributed by atoms with Crippen LogP contribution in [0.15, 0.2) is 36.5 Å². The maximum absolute atomic E-state index is 12.3. The molecule has 1 aromatic heterocycles. The summed E-state index contributed by atoms with van der Waals surface area (Å²) in [6, 6.07) is 7.99. The van der Waals surface area contributed by atoms with Crippen molar-refractivity contribution in [2.45, 2.75) is 6.92 Å². The van der Waals surface area contributed by atoms with Gasteiger partial charge in [-0.25, -0.2) is 9.78 Å². The second-order valence-corrected chi connectivity index (χ2v) is 5.15. The van der Waals surface area contributed by atoms with Crippen molar-refractivity contribution in [2.75, 3.05) is 26.4 Å². The van der Waals surface area contributed by atoms with Crippen molar-refractivity contribution < 1.29 is 28.5 Å². The molecule has 0 atom stereocenters. The first-order valence-electron chi connectivity index (χ1n) is 7.87. The Bertz CT molecular complexity index is 789. The molecule has 130 valence electrons. The summed E-state index contributed by atoms with van der Waals surface area (Å²) in [7, 11) is 0. The zero-order valence-corrected chi connectivity index (χ0v) is 13.7. The minimum Gasteiger partial charge on any atom is -0.486 e. The molecule has 1 aliphatic heterocycles. The van der Waals surface area contributed by atoms with E-state index < -0.39 is 5.97 Å². The molecular formula is C18H17NO6. The molecular weight excluding hydrogens is 326 g/mol. The van der Waals surface area contributed by atoms with E-state index in [-0.39, 0.29) is 23.8 Å². The smallest absolute Gasteiger partial charge is 0.344 e. The number of hydrogen-bond donors (Lipinski definition) is 0. The highest BCUT2D eigenvalue weighted by Crippen LogP contribution is 2.30. The van der Waals surface area contributed by atoms with Crippen LogP contribution >= 0.6 is 0 Å². The van der Waals surface area contributed by atoms with Gasteiger partial charge in [0, 0.05) is 11.8 Å². The number of carbonyl (C=O) groups is 2. The molecule has 0 bridgehead atoms. The molecule has 7 heteroatoms. The first-order chi connectivity index (χ1) is 12.2. The van der Waals surface area contributed by atoms with Gasteiger partial charge < -0.3 is 18.9 Å². The summed E-state index contributed by atoms with van der Waals surface area (Å²) >= 11 is 0. The molecule has 0 radical (unpaired) electrons. The van der Waals surface area contributed by atoms with Gasteiger partial charge in [-0.2, -0.15) is 0 Å². The van der Waals surface area contributed by atoms with E-state index in [4.69, 9.17) is 18.9 Å². The van der Waals surface area contributed by atoms with Gasteiger partial charge in [0.15, 0.2) is 23.9 Å². The first kappa shape index (κ1) is 16.8. The summed E-state index contributed by atoms with van der Waals surface area (Å²) in [5, 5.41) is 0. The van der Waals surface area contributed by atoms with Gasteiger partial charge in [-0.1, -0.05) is 0 Å². The van der Waals surface area contributed by atoms with Crippen molar-refractivity contribution in [2.24, 2.45) is 0 Å². The molecule has 0 unspecified atom stereocenters. The van der Waals surface area contributed by atoms with E-state index in [0.717, 1.165) is 0 Å². The lowest BCUT2D eigenvalue weighted by atomic mass is 10.1. The highest BCUT2D eigenvalue weighted by molar-refractivity contribution is 6.00. The van der Waals surface area contributed by atoms with Crippen LogP contribution < -0.4 is 14.2 Å². The number of ether oxygens (including phenoxy) is 4. The third-order valence-corrected chi connectivity index (χ3v) is 3.47. The maximum Gasteiger partial charge on any atom is 0.344 e. The van der Waals surface area contributed by atoms with Crippen LogP contribution in [0.4, 0.5) is 0 Å². The molecule has 2 heterocycles. The van der Waals surface area contributed by atoms with Crippen LogP contribution in [-0.4, -0.2) is 43.2 Å². The number of aromatic nitrogens is 1. The third-order valence-electron chi connectivity index (χ3n) is 3.47. The molecule has 7 nitrogen and oxygen atoms in total. The van der Waals surface area contributed by atoms with Crippen LogP contribution in [-0.2, 0) is 4.74 Å². The number of Topliss-reactive ketones (excluding diaryl/α,β-unsaturated/α-hetero) is 1. The molecule has 1 aromatic carbocycles. The third kappa shape index (κ3) is 3.88. The normalized spacial score (nSPS) is 12.4. The largest absolute Gasteiger partial charge is 0.486 e. The van der Waals surface area contributed by atoms with Gasteiger partial charge in [0.05, 0.1) is 6.61 Å². The van der Waals surface area contributed by atoms with Gasteiger partial charge in [0.1, 0.15) is 18.8 Å². The molecule has 0 N–H and O–H groups in total.